The molecule has 2 N–H and O–H groups in total. The number of rotatable bonds is 4. The molecule has 1 aromatic rings. The van der Waals surface area contributed by atoms with Crippen LogP contribution in [-0.4, -0.2) is 34.9 Å². The summed E-state index contributed by atoms with van der Waals surface area (Å²) in [6, 6.07) is 9.18. The molecule has 1 aromatic carbocycles. The van der Waals surface area contributed by atoms with Crippen LogP contribution < -0.4 is 5.32 Å². The second-order valence-electron chi connectivity index (χ2n) is 5.80. The highest BCUT2D eigenvalue weighted by Gasteiger charge is 2.51. The number of hydrogen-bond donors (Lipinski definition) is 2. The van der Waals surface area contributed by atoms with Crippen LogP contribution in [0, 0.1) is 0 Å². The van der Waals surface area contributed by atoms with Crippen LogP contribution in [-0.2, 0) is 20.9 Å². The van der Waals surface area contributed by atoms with Crippen molar-refractivity contribution in [1.82, 2.24) is 5.32 Å². The molecule has 21 heavy (non-hydrogen) atoms. The van der Waals surface area contributed by atoms with Crippen molar-refractivity contribution in [2.45, 2.75) is 38.0 Å². The van der Waals surface area contributed by atoms with Gasteiger partial charge in [0.05, 0.1) is 12.2 Å². The molecule has 0 unspecified atom stereocenters. The van der Waals surface area contributed by atoms with Gasteiger partial charge in [0.25, 0.3) is 0 Å². The molecule has 0 radical (unpaired) electrons. The number of benzene rings is 1. The number of alkyl carbamates (subject to hydrolysis) is 1. The third-order valence-electron chi connectivity index (χ3n) is 3.40. The first-order valence-electron chi connectivity index (χ1n) is 6.69. The average molecular weight is 293 g/mol. The third kappa shape index (κ3) is 3.72. The molecule has 6 heteroatoms. The lowest BCUT2D eigenvalue weighted by Crippen LogP contribution is -2.55. The summed E-state index contributed by atoms with van der Waals surface area (Å²) < 4.78 is 10.5. The Morgan fingerprint density at radius 3 is 2.52 bits per heavy atom. The molecule has 1 aliphatic heterocycles. The van der Waals surface area contributed by atoms with E-state index >= 15 is 0 Å². The maximum absolute atomic E-state index is 11.8. The van der Waals surface area contributed by atoms with E-state index in [1.165, 1.54) is 0 Å². The summed E-state index contributed by atoms with van der Waals surface area (Å²) in [5, 5.41) is 11.8. The lowest BCUT2D eigenvalue weighted by Gasteiger charge is -2.24. The first-order chi connectivity index (χ1) is 9.83. The Morgan fingerprint density at radius 1 is 1.33 bits per heavy atom. The molecule has 1 heterocycles. The lowest BCUT2D eigenvalue weighted by atomic mass is 9.90. The van der Waals surface area contributed by atoms with Crippen molar-refractivity contribution in [3.05, 3.63) is 35.9 Å². The third-order valence-corrected chi connectivity index (χ3v) is 3.40. The van der Waals surface area contributed by atoms with E-state index in [0.717, 1.165) is 5.56 Å². The molecular weight excluding hydrogens is 274 g/mol. The van der Waals surface area contributed by atoms with Crippen LogP contribution in [0.3, 0.4) is 0 Å². The predicted molar refractivity (Wildman–Crippen MR) is 74.8 cm³/mol. The van der Waals surface area contributed by atoms with E-state index in [1.807, 2.05) is 30.3 Å². The molecule has 1 fully saturated rings. The van der Waals surface area contributed by atoms with Crippen molar-refractivity contribution < 1.29 is 24.2 Å². The Labute approximate surface area is 123 Å². The molecule has 0 aromatic heterocycles. The fourth-order valence-electron chi connectivity index (χ4n) is 2.37. The largest absolute Gasteiger partial charge is 0.479 e. The van der Waals surface area contributed by atoms with Crippen molar-refractivity contribution in [2.75, 3.05) is 6.61 Å². The van der Waals surface area contributed by atoms with Gasteiger partial charge in [0, 0.05) is 6.42 Å². The minimum atomic E-state index is -1.43. The van der Waals surface area contributed by atoms with Crippen molar-refractivity contribution in [3.8, 4) is 0 Å². The highest BCUT2D eigenvalue weighted by Crippen LogP contribution is 2.32. The fourth-order valence-corrected chi connectivity index (χ4v) is 2.37. The monoisotopic (exact) mass is 293 g/mol. The van der Waals surface area contributed by atoms with Gasteiger partial charge in [-0.2, -0.15) is 0 Å². The van der Waals surface area contributed by atoms with Crippen molar-refractivity contribution in [2.24, 2.45) is 0 Å². The molecule has 1 atom stereocenters. The van der Waals surface area contributed by atoms with E-state index in [2.05, 4.69) is 5.32 Å². The zero-order valence-electron chi connectivity index (χ0n) is 12.1. The summed E-state index contributed by atoms with van der Waals surface area (Å²) >= 11 is 0. The van der Waals surface area contributed by atoms with Gasteiger partial charge in [-0.15, -0.1) is 0 Å². The van der Waals surface area contributed by atoms with Gasteiger partial charge in [-0.25, -0.2) is 9.59 Å². The van der Waals surface area contributed by atoms with E-state index in [1.54, 1.807) is 13.8 Å². The summed E-state index contributed by atoms with van der Waals surface area (Å²) in [5.41, 5.74) is -1.19. The van der Waals surface area contributed by atoms with Gasteiger partial charge in [0.1, 0.15) is 6.61 Å². The van der Waals surface area contributed by atoms with Gasteiger partial charge in [-0.3, -0.25) is 0 Å². The topological polar surface area (TPSA) is 84.9 Å². The number of carbonyl (C=O) groups excluding carboxylic acids is 1. The summed E-state index contributed by atoms with van der Waals surface area (Å²) in [6.45, 7) is 3.59. The standard InChI is InChI=1S/C15H19NO5/c1-14(2)9-15(10-21-14,12(17)18)16-13(19)20-8-11-6-4-3-5-7-11/h3-7H,8-10H2,1-2H3,(H,16,19)(H,17,18)/t15-/m1/s1. The Bertz CT molecular complexity index is 528. The molecule has 2 rings (SSSR count). The maximum atomic E-state index is 11.8. The van der Waals surface area contributed by atoms with Gasteiger partial charge in [-0.1, -0.05) is 30.3 Å². The Balaban J connectivity index is 1.95. The molecule has 6 nitrogen and oxygen atoms in total. The number of carboxylic acids is 1. The Kier molecular flexibility index (Phi) is 4.18. The summed E-state index contributed by atoms with van der Waals surface area (Å²) in [7, 11) is 0. The van der Waals surface area contributed by atoms with Gasteiger partial charge in [-0.05, 0) is 19.4 Å². The molecule has 1 aliphatic rings. The number of amides is 1. The van der Waals surface area contributed by atoms with Gasteiger partial charge in [0.2, 0.25) is 0 Å². The number of carbonyl (C=O) groups is 2. The molecule has 1 saturated heterocycles. The summed E-state index contributed by atoms with van der Waals surface area (Å²) in [5.74, 6) is -1.12. The van der Waals surface area contributed by atoms with Gasteiger partial charge < -0.3 is 19.9 Å². The first kappa shape index (κ1) is 15.3. The zero-order valence-corrected chi connectivity index (χ0v) is 12.1. The minimum Gasteiger partial charge on any atom is -0.479 e. The fraction of sp³-hybridized carbons (Fsp3) is 0.467. The van der Waals surface area contributed by atoms with Crippen LogP contribution in [0.2, 0.25) is 0 Å². The van der Waals surface area contributed by atoms with Gasteiger partial charge in [0.15, 0.2) is 5.54 Å². The second kappa shape index (κ2) is 5.73. The van der Waals surface area contributed by atoms with E-state index in [-0.39, 0.29) is 19.6 Å². The van der Waals surface area contributed by atoms with E-state index in [0.29, 0.717) is 0 Å². The summed E-state index contributed by atoms with van der Waals surface area (Å²) in [6.07, 6.45) is -0.571. The van der Waals surface area contributed by atoms with Crippen LogP contribution >= 0.6 is 0 Å². The quantitative estimate of drug-likeness (QED) is 0.886. The number of hydrogen-bond acceptors (Lipinski definition) is 4. The first-order valence-corrected chi connectivity index (χ1v) is 6.69. The van der Waals surface area contributed by atoms with Crippen LogP contribution in [0.4, 0.5) is 4.79 Å². The summed E-state index contributed by atoms with van der Waals surface area (Å²) in [4.78, 5) is 23.3. The average Bonchev–Trinajstić information content (AvgIpc) is 2.74. The molecule has 0 spiro atoms. The van der Waals surface area contributed by atoms with E-state index < -0.39 is 23.2 Å². The number of carboxylic acid groups (broad SMARTS) is 1. The minimum absolute atomic E-state index is 0.0736. The van der Waals surface area contributed by atoms with Crippen LogP contribution in [0.25, 0.3) is 0 Å². The van der Waals surface area contributed by atoms with Crippen molar-refractivity contribution >= 4 is 12.1 Å². The highest BCUT2D eigenvalue weighted by molar-refractivity contribution is 5.85. The molecule has 1 amide bonds. The van der Waals surface area contributed by atoms with Crippen LogP contribution in [0.5, 0.6) is 0 Å². The number of aliphatic carboxylic acids is 1. The Hall–Kier alpha value is -2.08. The van der Waals surface area contributed by atoms with Gasteiger partial charge >= 0.3 is 12.1 Å². The number of nitrogens with one attached hydrogen (secondary N) is 1. The van der Waals surface area contributed by atoms with E-state index in [9.17, 15) is 14.7 Å². The Morgan fingerprint density at radius 2 is 2.00 bits per heavy atom. The second-order valence-corrected chi connectivity index (χ2v) is 5.80. The lowest BCUT2D eigenvalue weighted by molar-refractivity contribution is -0.144. The molecule has 0 bridgehead atoms. The predicted octanol–water partition coefficient (Wildman–Crippen LogP) is 1.94. The number of ether oxygens (including phenoxy) is 2. The maximum Gasteiger partial charge on any atom is 0.408 e. The van der Waals surface area contributed by atoms with Crippen molar-refractivity contribution in [1.29, 1.82) is 0 Å². The molecule has 0 aliphatic carbocycles. The normalized spacial score (nSPS) is 23.5. The SMILES string of the molecule is CC1(C)C[C@](NC(=O)OCc2ccccc2)(C(=O)O)CO1. The van der Waals surface area contributed by atoms with E-state index in [4.69, 9.17) is 9.47 Å². The van der Waals surface area contributed by atoms with Crippen molar-refractivity contribution in [3.63, 3.8) is 0 Å². The zero-order chi connectivity index (χ0) is 15.5. The smallest absolute Gasteiger partial charge is 0.408 e. The molecular formula is C15H19NO5. The van der Waals surface area contributed by atoms with Crippen LogP contribution in [0.15, 0.2) is 30.3 Å². The van der Waals surface area contributed by atoms with Crippen LogP contribution in [0.1, 0.15) is 25.8 Å². The molecule has 0 saturated carbocycles. The molecule has 114 valence electrons. The highest BCUT2D eigenvalue weighted by atomic mass is 16.6.